The van der Waals surface area contributed by atoms with Gasteiger partial charge in [-0.2, -0.15) is 5.10 Å². The van der Waals surface area contributed by atoms with Crippen molar-refractivity contribution >= 4 is 17.5 Å². The highest BCUT2D eigenvalue weighted by atomic mass is 16.2. The summed E-state index contributed by atoms with van der Waals surface area (Å²) >= 11 is 0. The van der Waals surface area contributed by atoms with Crippen LogP contribution in [-0.2, 0) is 0 Å². The number of rotatable bonds is 6. The van der Waals surface area contributed by atoms with E-state index in [4.69, 9.17) is 0 Å². The number of piperidine rings is 1. The predicted molar refractivity (Wildman–Crippen MR) is 122 cm³/mol. The van der Waals surface area contributed by atoms with Crippen molar-refractivity contribution in [3.05, 3.63) is 47.3 Å². The van der Waals surface area contributed by atoms with E-state index in [1.54, 1.807) is 6.20 Å². The summed E-state index contributed by atoms with van der Waals surface area (Å²) in [6, 6.07) is 8.05. The number of H-pyrrole nitrogens is 1. The molecule has 2 fully saturated rings. The fourth-order valence-corrected chi connectivity index (χ4v) is 4.82. The molecule has 166 valence electrons. The lowest BCUT2D eigenvalue weighted by Crippen LogP contribution is -2.38. The molecule has 2 aliphatic heterocycles. The number of aromatic nitrogens is 2. The van der Waals surface area contributed by atoms with Gasteiger partial charge < -0.3 is 14.7 Å². The van der Waals surface area contributed by atoms with Crippen molar-refractivity contribution in [2.75, 3.05) is 44.2 Å². The summed E-state index contributed by atoms with van der Waals surface area (Å²) < 4.78 is 0. The minimum atomic E-state index is 0.0333. The third-order valence-electron chi connectivity index (χ3n) is 6.70. The van der Waals surface area contributed by atoms with Crippen LogP contribution in [-0.4, -0.2) is 71.1 Å². The number of benzene rings is 1. The number of hydrogen-bond donors (Lipinski definition) is 1. The number of hydrogen-bond acceptors (Lipinski definition) is 4. The molecule has 0 unspecified atom stereocenters. The molecule has 1 aromatic carbocycles. The minimum Gasteiger partial charge on any atom is -0.372 e. The number of likely N-dealkylation sites (tertiary alicyclic amines) is 1. The zero-order chi connectivity index (χ0) is 21.8. The summed E-state index contributed by atoms with van der Waals surface area (Å²) in [6.07, 6.45) is 5.75. The van der Waals surface area contributed by atoms with Crippen LogP contribution >= 0.6 is 0 Å². The van der Waals surface area contributed by atoms with Gasteiger partial charge in [0, 0.05) is 56.4 Å². The molecule has 2 aliphatic rings. The lowest BCUT2D eigenvalue weighted by molar-refractivity contribution is 0.0706. The molecule has 0 spiro atoms. The van der Waals surface area contributed by atoms with Crippen molar-refractivity contribution in [1.82, 2.24) is 20.0 Å². The van der Waals surface area contributed by atoms with Crippen LogP contribution in [0.15, 0.2) is 30.5 Å². The van der Waals surface area contributed by atoms with Crippen LogP contribution in [0.3, 0.4) is 0 Å². The first kappa shape index (κ1) is 21.4. The predicted octanol–water partition coefficient (Wildman–Crippen LogP) is 3.51. The average Bonchev–Trinajstić information content (AvgIpc) is 3.52. The van der Waals surface area contributed by atoms with E-state index >= 15 is 0 Å². The van der Waals surface area contributed by atoms with Gasteiger partial charge in [0.2, 0.25) is 0 Å². The summed E-state index contributed by atoms with van der Waals surface area (Å²) in [5, 5.41) is 7.23. The zero-order valence-corrected chi connectivity index (χ0v) is 18.6. The molecule has 1 N–H and O–H groups in total. The van der Waals surface area contributed by atoms with Gasteiger partial charge in [-0.3, -0.25) is 14.7 Å². The van der Waals surface area contributed by atoms with Crippen molar-refractivity contribution in [3.63, 3.8) is 0 Å². The quantitative estimate of drug-likeness (QED) is 0.772. The maximum absolute atomic E-state index is 13.1. The molecule has 2 aromatic rings. The molecular weight excluding hydrogens is 390 g/mol. The average molecular weight is 424 g/mol. The fraction of sp³-hybridized carbons (Fsp3) is 0.542. The smallest absolute Gasteiger partial charge is 0.257 e. The first-order valence-electron chi connectivity index (χ1n) is 11.6. The summed E-state index contributed by atoms with van der Waals surface area (Å²) in [4.78, 5) is 32.1. The molecule has 0 atom stereocenters. The maximum atomic E-state index is 13.1. The van der Waals surface area contributed by atoms with Gasteiger partial charge in [0.1, 0.15) is 0 Å². The Bertz CT molecular complexity index is 906. The van der Waals surface area contributed by atoms with E-state index in [2.05, 4.69) is 21.2 Å². The van der Waals surface area contributed by atoms with Gasteiger partial charge in [-0.25, -0.2) is 0 Å². The number of aromatic amines is 1. The second-order valence-corrected chi connectivity index (χ2v) is 8.49. The van der Waals surface area contributed by atoms with Gasteiger partial charge in [-0.15, -0.1) is 0 Å². The SMILES string of the molecule is CCN(CC)C(=O)c1cn[nH]c1C1CCN(C(=O)c2cccc(N3CCCC3)c2)CC1. The molecule has 7 heteroatoms. The van der Waals surface area contributed by atoms with Crippen LogP contribution < -0.4 is 4.90 Å². The molecule has 4 rings (SSSR count). The summed E-state index contributed by atoms with van der Waals surface area (Å²) in [5.74, 6) is 0.353. The Morgan fingerprint density at radius 1 is 1.10 bits per heavy atom. The van der Waals surface area contributed by atoms with Gasteiger partial charge in [-0.05, 0) is 57.7 Å². The number of nitrogens with zero attached hydrogens (tertiary/aromatic N) is 4. The highest BCUT2D eigenvalue weighted by molar-refractivity contribution is 5.96. The number of carbonyl (C=O) groups is 2. The molecule has 7 nitrogen and oxygen atoms in total. The second kappa shape index (κ2) is 9.54. The van der Waals surface area contributed by atoms with E-state index in [1.807, 2.05) is 41.8 Å². The van der Waals surface area contributed by atoms with E-state index in [-0.39, 0.29) is 17.7 Å². The molecule has 0 saturated carbocycles. The van der Waals surface area contributed by atoms with E-state index < -0.39 is 0 Å². The Labute approximate surface area is 184 Å². The minimum absolute atomic E-state index is 0.0333. The van der Waals surface area contributed by atoms with E-state index in [9.17, 15) is 9.59 Å². The third-order valence-corrected chi connectivity index (χ3v) is 6.70. The number of carbonyl (C=O) groups excluding carboxylic acids is 2. The van der Waals surface area contributed by atoms with Crippen molar-refractivity contribution in [2.24, 2.45) is 0 Å². The summed E-state index contributed by atoms with van der Waals surface area (Å²) in [7, 11) is 0. The van der Waals surface area contributed by atoms with Crippen molar-refractivity contribution in [2.45, 2.75) is 45.4 Å². The van der Waals surface area contributed by atoms with Crippen LogP contribution in [0.25, 0.3) is 0 Å². The Kier molecular flexibility index (Phi) is 6.59. The van der Waals surface area contributed by atoms with E-state index in [1.165, 1.54) is 12.8 Å². The first-order valence-corrected chi connectivity index (χ1v) is 11.6. The topological polar surface area (TPSA) is 72.5 Å². The van der Waals surface area contributed by atoms with Crippen LogP contribution in [0.1, 0.15) is 71.9 Å². The van der Waals surface area contributed by atoms with E-state index in [0.29, 0.717) is 31.7 Å². The highest BCUT2D eigenvalue weighted by Crippen LogP contribution is 2.30. The van der Waals surface area contributed by atoms with Crippen LogP contribution in [0.5, 0.6) is 0 Å². The molecule has 2 saturated heterocycles. The van der Waals surface area contributed by atoms with Gasteiger partial charge in [0.25, 0.3) is 11.8 Å². The zero-order valence-electron chi connectivity index (χ0n) is 18.6. The summed E-state index contributed by atoms with van der Waals surface area (Å²) in [6.45, 7) is 8.87. The van der Waals surface area contributed by atoms with Crippen LogP contribution in [0.2, 0.25) is 0 Å². The molecule has 0 aliphatic carbocycles. The standard InChI is InChI=1S/C24H33N5O2/c1-3-27(4-2)24(31)21-17-25-26-22(21)18-10-14-29(15-11-18)23(30)19-8-7-9-20(16-19)28-12-5-6-13-28/h7-9,16-18H,3-6,10-15H2,1-2H3,(H,25,26). The fourth-order valence-electron chi connectivity index (χ4n) is 4.82. The van der Waals surface area contributed by atoms with Gasteiger partial charge in [0.15, 0.2) is 0 Å². The van der Waals surface area contributed by atoms with Gasteiger partial charge in [0.05, 0.1) is 17.5 Å². The summed E-state index contributed by atoms with van der Waals surface area (Å²) in [5.41, 5.74) is 3.50. The van der Waals surface area contributed by atoms with Gasteiger partial charge >= 0.3 is 0 Å². The molecule has 0 radical (unpaired) electrons. The lowest BCUT2D eigenvalue weighted by Gasteiger charge is -2.32. The molecule has 3 heterocycles. The number of anilines is 1. The largest absolute Gasteiger partial charge is 0.372 e. The Morgan fingerprint density at radius 2 is 1.81 bits per heavy atom. The maximum Gasteiger partial charge on any atom is 0.257 e. The molecule has 1 aromatic heterocycles. The molecular formula is C24H33N5O2. The second-order valence-electron chi connectivity index (χ2n) is 8.49. The van der Waals surface area contributed by atoms with Crippen LogP contribution in [0, 0.1) is 0 Å². The Morgan fingerprint density at radius 3 is 2.48 bits per heavy atom. The van der Waals surface area contributed by atoms with Crippen molar-refractivity contribution < 1.29 is 9.59 Å². The lowest BCUT2D eigenvalue weighted by atomic mass is 9.90. The molecule has 31 heavy (non-hydrogen) atoms. The Hall–Kier alpha value is -2.83. The molecule has 2 amide bonds. The third kappa shape index (κ3) is 4.45. The van der Waals surface area contributed by atoms with Crippen LogP contribution in [0.4, 0.5) is 5.69 Å². The highest BCUT2D eigenvalue weighted by Gasteiger charge is 2.29. The Balaban J connectivity index is 1.41. The van der Waals surface area contributed by atoms with E-state index in [0.717, 1.165) is 42.9 Å². The molecule has 0 bridgehead atoms. The normalized spacial score (nSPS) is 17.2. The van der Waals surface area contributed by atoms with Crippen molar-refractivity contribution in [3.8, 4) is 0 Å². The number of amides is 2. The van der Waals surface area contributed by atoms with Gasteiger partial charge in [-0.1, -0.05) is 6.07 Å². The number of nitrogens with one attached hydrogen (secondary N) is 1. The monoisotopic (exact) mass is 423 g/mol. The van der Waals surface area contributed by atoms with Crippen molar-refractivity contribution in [1.29, 1.82) is 0 Å². The first-order chi connectivity index (χ1) is 15.1.